The third-order valence-electron chi connectivity index (χ3n) is 3.70. The Balaban J connectivity index is 1.69. The monoisotopic (exact) mass is 417 g/mol. The van der Waals surface area contributed by atoms with Gasteiger partial charge in [-0.2, -0.15) is 0 Å². The van der Waals surface area contributed by atoms with Gasteiger partial charge in [0.2, 0.25) is 10.0 Å². The highest BCUT2D eigenvalue weighted by Gasteiger charge is 2.31. The van der Waals surface area contributed by atoms with Crippen molar-refractivity contribution in [2.45, 2.75) is 17.4 Å². The topological polar surface area (TPSA) is 75.6 Å². The molecule has 1 heterocycles. The van der Waals surface area contributed by atoms with Gasteiger partial charge in [-0.15, -0.1) is 24.5 Å². The Bertz CT molecular complexity index is 1030. The maximum Gasteiger partial charge on any atom is 0.573 e. The molecule has 0 spiro atoms. The zero-order chi connectivity index (χ0) is 19.7. The summed E-state index contributed by atoms with van der Waals surface area (Å²) < 4.78 is 68.0. The molecule has 3 aromatic rings. The minimum absolute atomic E-state index is 0.237. The van der Waals surface area contributed by atoms with Crippen LogP contribution in [0.25, 0.3) is 10.1 Å². The van der Waals surface area contributed by atoms with Crippen LogP contribution in [0, 0.1) is 0 Å². The van der Waals surface area contributed by atoms with Crippen molar-refractivity contribution in [3.63, 3.8) is 0 Å². The van der Waals surface area contributed by atoms with Crippen LogP contribution in [0.5, 0.6) is 5.75 Å². The van der Waals surface area contributed by atoms with Gasteiger partial charge in [0.15, 0.2) is 0 Å². The highest BCUT2D eigenvalue weighted by Crippen LogP contribution is 2.30. The molecule has 3 rings (SSSR count). The van der Waals surface area contributed by atoms with E-state index in [1.807, 2.05) is 24.3 Å². The number of sulfonamides is 1. The Morgan fingerprint density at radius 1 is 1.11 bits per heavy atom. The summed E-state index contributed by atoms with van der Waals surface area (Å²) in [5.74, 6) is -0.522. The van der Waals surface area contributed by atoms with Crippen molar-refractivity contribution < 1.29 is 31.4 Å². The van der Waals surface area contributed by atoms with Gasteiger partial charge in [-0.05, 0) is 41.1 Å². The number of halogens is 3. The molecule has 144 valence electrons. The fraction of sp³-hybridized carbons (Fsp3) is 0.176. The first-order chi connectivity index (χ1) is 12.7. The fourth-order valence-corrected chi connectivity index (χ4v) is 4.51. The number of fused-ring (bicyclic) bond motifs is 1. The molecular weight excluding hydrogens is 403 g/mol. The number of benzene rings is 2. The van der Waals surface area contributed by atoms with Gasteiger partial charge in [-0.25, -0.2) is 13.1 Å². The Hall–Kier alpha value is -2.14. The van der Waals surface area contributed by atoms with Gasteiger partial charge in [0.05, 0.1) is 11.0 Å². The molecule has 0 unspecified atom stereocenters. The van der Waals surface area contributed by atoms with Crippen LogP contribution in [0.4, 0.5) is 13.2 Å². The second-order valence-corrected chi connectivity index (χ2v) is 8.25. The number of rotatable bonds is 6. The van der Waals surface area contributed by atoms with E-state index in [0.717, 1.165) is 34.4 Å². The van der Waals surface area contributed by atoms with E-state index in [9.17, 15) is 26.7 Å². The van der Waals surface area contributed by atoms with E-state index in [0.29, 0.717) is 5.56 Å². The Morgan fingerprint density at radius 2 is 1.78 bits per heavy atom. The molecule has 0 aliphatic carbocycles. The van der Waals surface area contributed by atoms with E-state index in [2.05, 4.69) is 9.46 Å². The number of aliphatic hydroxyl groups excluding tert-OH is 1. The maximum atomic E-state index is 12.3. The van der Waals surface area contributed by atoms with Crippen molar-refractivity contribution in [2.24, 2.45) is 0 Å². The minimum atomic E-state index is -4.86. The van der Waals surface area contributed by atoms with Crippen molar-refractivity contribution in [2.75, 3.05) is 6.54 Å². The van der Waals surface area contributed by atoms with E-state index >= 15 is 0 Å². The molecule has 0 bridgehead atoms. The number of alkyl halides is 3. The fourth-order valence-electron chi connectivity index (χ4n) is 2.46. The summed E-state index contributed by atoms with van der Waals surface area (Å²) in [4.78, 5) is -0.237. The van der Waals surface area contributed by atoms with Gasteiger partial charge in [-0.1, -0.05) is 18.2 Å². The average molecular weight is 417 g/mol. The molecule has 0 radical (unpaired) electrons. The Kier molecular flexibility index (Phi) is 5.43. The van der Waals surface area contributed by atoms with Gasteiger partial charge >= 0.3 is 6.36 Å². The second-order valence-electron chi connectivity index (χ2n) is 5.57. The predicted octanol–water partition coefficient (Wildman–Crippen LogP) is 3.81. The van der Waals surface area contributed by atoms with Gasteiger partial charge < -0.3 is 9.84 Å². The molecule has 10 heteroatoms. The maximum absolute atomic E-state index is 12.3. The quantitative estimate of drug-likeness (QED) is 0.640. The van der Waals surface area contributed by atoms with Gasteiger partial charge in [0.25, 0.3) is 0 Å². The van der Waals surface area contributed by atoms with Gasteiger partial charge in [-0.3, -0.25) is 0 Å². The van der Waals surface area contributed by atoms with E-state index < -0.39 is 28.2 Å². The summed E-state index contributed by atoms with van der Waals surface area (Å²) in [6.07, 6.45) is -5.92. The molecule has 0 aliphatic heterocycles. The first-order valence-electron chi connectivity index (χ1n) is 7.65. The number of ether oxygens (including phenoxy) is 1. The molecule has 1 aromatic heterocycles. The first kappa shape index (κ1) is 19.6. The average Bonchev–Trinajstić information content (AvgIpc) is 3.03. The molecule has 1 atom stereocenters. The summed E-state index contributed by atoms with van der Waals surface area (Å²) in [6, 6.07) is 11.2. The van der Waals surface area contributed by atoms with Crippen LogP contribution in [-0.4, -0.2) is 26.4 Å². The van der Waals surface area contributed by atoms with Crippen LogP contribution in [-0.2, 0) is 10.0 Å². The normalized spacial score (nSPS) is 13.6. The SMILES string of the molecule is O=S(=O)(NC[C@@H](O)c1csc2ccccc12)c1ccc(OC(F)(F)F)cc1. The largest absolute Gasteiger partial charge is 0.573 e. The van der Waals surface area contributed by atoms with E-state index in [-0.39, 0.29) is 11.4 Å². The molecule has 2 N–H and O–H groups in total. The van der Waals surface area contributed by atoms with Crippen LogP contribution in [0.2, 0.25) is 0 Å². The number of aliphatic hydroxyl groups is 1. The number of thiophene rings is 1. The van der Waals surface area contributed by atoms with E-state index in [1.54, 1.807) is 5.38 Å². The molecular formula is C17H14F3NO4S2. The van der Waals surface area contributed by atoms with E-state index in [1.165, 1.54) is 11.3 Å². The third-order valence-corrected chi connectivity index (χ3v) is 6.13. The smallest absolute Gasteiger partial charge is 0.406 e. The molecule has 27 heavy (non-hydrogen) atoms. The van der Waals surface area contributed by atoms with Crippen LogP contribution in [0.15, 0.2) is 58.8 Å². The van der Waals surface area contributed by atoms with E-state index in [4.69, 9.17) is 0 Å². The Morgan fingerprint density at radius 3 is 2.44 bits per heavy atom. The summed E-state index contributed by atoms with van der Waals surface area (Å²) in [5.41, 5.74) is 0.604. The highest BCUT2D eigenvalue weighted by atomic mass is 32.2. The van der Waals surface area contributed by atoms with Crippen molar-refractivity contribution in [3.05, 3.63) is 59.5 Å². The molecule has 0 saturated heterocycles. The van der Waals surface area contributed by atoms with Gasteiger partial charge in [0.1, 0.15) is 5.75 Å². The lowest BCUT2D eigenvalue weighted by molar-refractivity contribution is -0.274. The third kappa shape index (κ3) is 4.78. The van der Waals surface area contributed by atoms with Crippen LogP contribution in [0.3, 0.4) is 0 Å². The van der Waals surface area contributed by atoms with Crippen LogP contribution < -0.4 is 9.46 Å². The summed E-state index contributed by atoms with van der Waals surface area (Å²) in [7, 11) is -4.00. The molecule has 0 aliphatic rings. The second kappa shape index (κ2) is 7.47. The zero-order valence-corrected chi connectivity index (χ0v) is 15.2. The molecule has 2 aromatic carbocycles. The minimum Gasteiger partial charge on any atom is -0.406 e. The van der Waals surface area contributed by atoms with Crippen molar-refractivity contribution >= 4 is 31.4 Å². The summed E-state index contributed by atoms with van der Waals surface area (Å²) >= 11 is 1.44. The Labute approximate surface area is 157 Å². The van der Waals surface area contributed by atoms with Crippen LogP contribution >= 0.6 is 11.3 Å². The van der Waals surface area contributed by atoms with Gasteiger partial charge in [0, 0.05) is 16.8 Å². The van der Waals surface area contributed by atoms with Crippen molar-refractivity contribution in [3.8, 4) is 5.75 Å². The number of nitrogens with one attached hydrogen (secondary N) is 1. The number of hydrogen-bond donors (Lipinski definition) is 2. The summed E-state index contributed by atoms with van der Waals surface area (Å²) in [5, 5.41) is 12.9. The first-order valence-corrected chi connectivity index (χ1v) is 10.0. The molecule has 5 nitrogen and oxygen atoms in total. The molecule has 0 saturated carbocycles. The lowest BCUT2D eigenvalue weighted by Crippen LogP contribution is -2.28. The highest BCUT2D eigenvalue weighted by molar-refractivity contribution is 7.89. The number of hydrogen-bond acceptors (Lipinski definition) is 5. The predicted molar refractivity (Wildman–Crippen MR) is 95.1 cm³/mol. The van der Waals surface area contributed by atoms with Crippen molar-refractivity contribution in [1.82, 2.24) is 4.72 Å². The van der Waals surface area contributed by atoms with Crippen molar-refractivity contribution in [1.29, 1.82) is 0 Å². The summed E-state index contributed by atoms with van der Waals surface area (Å²) in [6.45, 7) is -0.274. The lowest BCUT2D eigenvalue weighted by Gasteiger charge is -2.13. The standard InChI is InChI=1S/C17H14F3NO4S2/c18-17(19,20)25-11-5-7-12(8-6-11)27(23,24)21-9-15(22)14-10-26-16-4-2-1-3-13(14)16/h1-8,10,15,21-22H,9H2/t15-/m1/s1. The lowest BCUT2D eigenvalue weighted by atomic mass is 10.1. The van der Waals surface area contributed by atoms with Crippen LogP contribution in [0.1, 0.15) is 11.7 Å². The molecule has 0 fully saturated rings. The zero-order valence-electron chi connectivity index (χ0n) is 13.6. The molecule has 0 amide bonds.